The maximum Gasteiger partial charge on any atom is 0.499 e. The average molecular weight is 414 g/mol. The molecular formula is C10H18B2O12P2. The lowest BCUT2D eigenvalue weighted by Gasteiger charge is -2.36. The fraction of sp³-hybridized carbons (Fsp3) is 1.00. The number of aliphatic hydroxyl groups is 1. The van der Waals surface area contributed by atoms with Crippen LogP contribution in [0.3, 0.4) is 0 Å². The molecule has 0 amide bonds. The summed E-state index contributed by atoms with van der Waals surface area (Å²) in [6.07, 6.45) is -4.65. The van der Waals surface area contributed by atoms with Gasteiger partial charge in [-0.2, -0.15) is 0 Å². The van der Waals surface area contributed by atoms with Gasteiger partial charge >= 0.3 is 15.6 Å². The molecule has 2 aliphatic heterocycles. The van der Waals surface area contributed by atoms with Gasteiger partial charge in [0, 0.05) is 24.8 Å². The number of ether oxygens (including phenoxy) is 2. The van der Waals surface area contributed by atoms with Crippen molar-refractivity contribution in [3.63, 3.8) is 0 Å². The summed E-state index contributed by atoms with van der Waals surface area (Å²) in [7, 11) is 1.70. The zero-order chi connectivity index (χ0) is 19.5. The van der Waals surface area contributed by atoms with Crippen molar-refractivity contribution in [2.24, 2.45) is 0 Å². The summed E-state index contributed by atoms with van der Waals surface area (Å²) in [5, 5.41) is 17.9. The topological polar surface area (TPSA) is 170 Å². The minimum atomic E-state index is -4.72. The Kier molecular flexibility index (Phi) is 7.89. The molecule has 0 aromatic carbocycles. The largest absolute Gasteiger partial charge is 0.499 e. The molecule has 2 heterocycles. The molecule has 4 radical (unpaired) electrons. The predicted octanol–water partition coefficient (Wildman–Crippen LogP) is -0.977. The van der Waals surface area contributed by atoms with E-state index in [1.807, 2.05) is 0 Å². The summed E-state index contributed by atoms with van der Waals surface area (Å²) in [4.78, 5) is 19.0. The fourth-order valence-electron chi connectivity index (χ4n) is 2.43. The van der Waals surface area contributed by atoms with E-state index in [0.717, 1.165) is 0 Å². The third-order valence-electron chi connectivity index (χ3n) is 3.63. The van der Waals surface area contributed by atoms with Crippen LogP contribution in [0.15, 0.2) is 0 Å². The van der Waals surface area contributed by atoms with Gasteiger partial charge in [0.2, 0.25) is 0 Å². The monoisotopic (exact) mass is 414 g/mol. The van der Waals surface area contributed by atoms with Gasteiger partial charge < -0.3 is 24.4 Å². The minimum absolute atomic E-state index is 0.0461. The summed E-state index contributed by atoms with van der Waals surface area (Å²) < 4.78 is 51.2. The second-order valence-corrected chi connectivity index (χ2v) is 8.42. The molecular weight excluding hydrogens is 396 g/mol. The van der Waals surface area contributed by atoms with Gasteiger partial charge in [-0.25, -0.2) is 14.4 Å². The molecule has 0 bridgehead atoms. The normalized spacial score (nSPS) is 40.5. The Bertz CT molecular complexity index is 566. The van der Waals surface area contributed by atoms with Crippen molar-refractivity contribution in [1.82, 2.24) is 0 Å². The highest BCUT2D eigenvalue weighted by Gasteiger charge is 2.40. The Morgan fingerprint density at radius 2 is 1.42 bits per heavy atom. The van der Waals surface area contributed by atoms with E-state index in [2.05, 4.69) is 9.20 Å². The van der Waals surface area contributed by atoms with Gasteiger partial charge in [-0.05, 0) is 0 Å². The third-order valence-corrected chi connectivity index (χ3v) is 5.50. The predicted molar refractivity (Wildman–Crippen MR) is 84.2 cm³/mol. The maximum atomic E-state index is 12.2. The van der Waals surface area contributed by atoms with Gasteiger partial charge in [-0.3, -0.25) is 13.6 Å². The lowest BCUT2D eigenvalue weighted by Crippen LogP contribution is -2.44. The van der Waals surface area contributed by atoms with E-state index in [1.165, 1.54) is 0 Å². The molecule has 16 heteroatoms. The third kappa shape index (κ3) is 6.66. The highest BCUT2D eigenvalue weighted by molar-refractivity contribution is 7.47. The van der Waals surface area contributed by atoms with Crippen molar-refractivity contribution in [1.29, 1.82) is 0 Å². The van der Waals surface area contributed by atoms with E-state index in [4.69, 9.17) is 44.4 Å². The van der Waals surface area contributed by atoms with Crippen LogP contribution in [-0.4, -0.2) is 85.5 Å². The fourth-order valence-corrected chi connectivity index (χ4v) is 4.11. The second kappa shape index (κ2) is 9.13. The van der Waals surface area contributed by atoms with Crippen LogP contribution >= 0.6 is 15.6 Å². The molecule has 0 aromatic heterocycles. The Morgan fingerprint density at radius 1 is 0.885 bits per heavy atom. The van der Waals surface area contributed by atoms with Gasteiger partial charge in [0.05, 0.1) is 37.6 Å². The van der Waals surface area contributed by atoms with Crippen molar-refractivity contribution in [2.75, 3.05) is 13.2 Å². The Hall–Kier alpha value is 0.190. The Balaban J connectivity index is 1.91. The van der Waals surface area contributed by atoms with Crippen LogP contribution in [0.2, 0.25) is 0 Å². The first-order chi connectivity index (χ1) is 12.0. The summed E-state index contributed by atoms with van der Waals surface area (Å²) in [6.45, 7) is -0.376. The molecule has 2 fully saturated rings. The van der Waals surface area contributed by atoms with E-state index in [1.54, 1.807) is 0 Å². The summed E-state index contributed by atoms with van der Waals surface area (Å²) in [5.74, 6) is 0. The molecule has 2 rings (SSSR count). The Labute approximate surface area is 151 Å². The molecule has 4 N–H and O–H groups in total. The smallest absolute Gasteiger partial charge is 0.391 e. The van der Waals surface area contributed by atoms with Gasteiger partial charge in [0.1, 0.15) is 15.7 Å². The molecule has 0 aromatic rings. The molecule has 8 atom stereocenters. The average Bonchev–Trinajstić information content (AvgIpc) is 2.53. The van der Waals surface area contributed by atoms with Crippen LogP contribution in [0, 0.1) is 0 Å². The SMILES string of the molecule is [B]C1OCC(OP(=O)(O)OC2CC(OP(=O)(O)OO)COC2[B])CC1O. The van der Waals surface area contributed by atoms with Crippen LogP contribution in [-0.2, 0) is 36.8 Å². The van der Waals surface area contributed by atoms with Gasteiger partial charge in [0.25, 0.3) is 0 Å². The standard InChI is InChI=1S/C10H18B2O12P2/c11-9-7(13)1-5(3-19-9)21-25(15,16)23-8-2-6(4-20-10(8)12)22-26(17,18)24-14/h5-10,13-14H,1-4H2,(H,15,16)(H,17,18). The van der Waals surface area contributed by atoms with Gasteiger partial charge in [0.15, 0.2) is 0 Å². The molecule has 0 aliphatic carbocycles. The van der Waals surface area contributed by atoms with Gasteiger partial charge in [-0.1, -0.05) is 0 Å². The maximum absolute atomic E-state index is 12.2. The van der Waals surface area contributed by atoms with Crippen molar-refractivity contribution < 1.29 is 57.0 Å². The van der Waals surface area contributed by atoms with Crippen LogP contribution in [0.5, 0.6) is 0 Å². The zero-order valence-electron chi connectivity index (χ0n) is 13.4. The van der Waals surface area contributed by atoms with Crippen molar-refractivity contribution >= 4 is 31.3 Å². The van der Waals surface area contributed by atoms with Crippen LogP contribution < -0.4 is 0 Å². The van der Waals surface area contributed by atoms with Gasteiger partial charge in [-0.15, -0.1) is 4.67 Å². The van der Waals surface area contributed by atoms with Crippen molar-refractivity contribution in [3.05, 3.63) is 0 Å². The van der Waals surface area contributed by atoms with Crippen LogP contribution in [0.25, 0.3) is 0 Å². The van der Waals surface area contributed by atoms with Crippen molar-refractivity contribution in [3.8, 4) is 0 Å². The number of phosphoric acid groups is 2. The Morgan fingerprint density at radius 3 is 2.00 bits per heavy atom. The van der Waals surface area contributed by atoms with E-state index in [9.17, 15) is 19.1 Å². The molecule has 0 spiro atoms. The van der Waals surface area contributed by atoms with E-state index >= 15 is 0 Å². The first-order valence-corrected chi connectivity index (χ1v) is 10.5. The highest BCUT2D eigenvalue weighted by Crippen LogP contribution is 2.50. The van der Waals surface area contributed by atoms with E-state index in [-0.39, 0.29) is 26.1 Å². The van der Waals surface area contributed by atoms with Crippen LogP contribution in [0.1, 0.15) is 12.8 Å². The molecule has 2 saturated heterocycles. The van der Waals surface area contributed by atoms with E-state index < -0.39 is 52.1 Å². The summed E-state index contributed by atoms with van der Waals surface area (Å²) in [6, 6.07) is -2.07. The number of hydrogen-bond acceptors (Lipinski definition) is 10. The number of rotatable bonds is 7. The first-order valence-electron chi connectivity index (χ1n) is 7.47. The first kappa shape index (κ1) is 22.5. The molecule has 146 valence electrons. The lowest BCUT2D eigenvalue weighted by atomic mass is 9.89. The quantitative estimate of drug-likeness (QED) is 0.174. The summed E-state index contributed by atoms with van der Waals surface area (Å²) >= 11 is 0. The molecule has 0 saturated carbocycles. The second-order valence-electron chi connectivity index (χ2n) is 5.75. The lowest BCUT2D eigenvalue weighted by molar-refractivity contribution is -0.173. The molecule has 26 heavy (non-hydrogen) atoms. The minimum Gasteiger partial charge on any atom is -0.391 e. The number of hydrogen-bond donors (Lipinski definition) is 4. The highest BCUT2D eigenvalue weighted by atomic mass is 31.2. The molecule has 2 aliphatic rings. The van der Waals surface area contributed by atoms with Crippen molar-refractivity contribution in [2.45, 2.75) is 49.3 Å². The zero-order valence-corrected chi connectivity index (χ0v) is 15.2. The molecule has 8 unspecified atom stereocenters. The molecule has 12 nitrogen and oxygen atoms in total. The number of phosphoric ester groups is 2. The van der Waals surface area contributed by atoms with E-state index in [0.29, 0.717) is 0 Å². The summed E-state index contributed by atoms with van der Waals surface area (Å²) in [5.41, 5.74) is 0. The number of aliphatic hydroxyl groups excluding tert-OH is 1. The van der Waals surface area contributed by atoms with Crippen LogP contribution in [0.4, 0.5) is 0 Å².